The Labute approximate surface area is 108 Å². The number of thiophene rings is 1. The molecule has 2 rings (SSSR count). The highest BCUT2D eigenvalue weighted by Gasteiger charge is 2.14. The van der Waals surface area contributed by atoms with Crippen LogP contribution in [0.15, 0.2) is 22.9 Å². The molecular weight excluding hydrogens is 256 g/mol. The Kier molecular flexibility index (Phi) is 3.76. The van der Waals surface area contributed by atoms with Crippen molar-refractivity contribution in [2.24, 2.45) is 0 Å². The maximum atomic E-state index is 13.7. The summed E-state index contributed by atoms with van der Waals surface area (Å²) in [5.41, 5.74) is 1.07. The third kappa shape index (κ3) is 2.59. The number of hydrogen-bond donors (Lipinski definition) is 1. The number of nitrogens with zero attached hydrogens (tertiary/aromatic N) is 2. The quantitative estimate of drug-likeness (QED) is 0.924. The first kappa shape index (κ1) is 12.8. The lowest BCUT2D eigenvalue weighted by Gasteiger charge is -2.19. The highest BCUT2D eigenvalue weighted by Crippen LogP contribution is 2.22. The molecule has 0 radical (unpaired) electrons. The van der Waals surface area contributed by atoms with Crippen molar-refractivity contribution < 1.29 is 8.78 Å². The first-order valence-electron chi connectivity index (χ1n) is 5.38. The van der Waals surface area contributed by atoms with Crippen LogP contribution in [0.1, 0.15) is 5.56 Å². The first-order chi connectivity index (χ1) is 8.61. The minimum absolute atomic E-state index is 0.0450. The van der Waals surface area contributed by atoms with Crippen molar-refractivity contribution in [2.75, 3.05) is 24.3 Å². The van der Waals surface area contributed by atoms with Gasteiger partial charge in [-0.2, -0.15) is 11.3 Å². The molecule has 0 aromatic carbocycles. The predicted octanol–water partition coefficient (Wildman–Crippen LogP) is 3.10. The summed E-state index contributed by atoms with van der Waals surface area (Å²) < 4.78 is 27.0. The molecule has 2 aromatic heterocycles. The molecule has 0 aliphatic rings. The summed E-state index contributed by atoms with van der Waals surface area (Å²) in [5, 5.41) is 6.54. The topological polar surface area (TPSA) is 28.2 Å². The van der Waals surface area contributed by atoms with Crippen LogP contribution in [0.5, 0.6) is 0 Å². The van der Waals surface area contributed by atoms with Crippen LogP contribution in [0.2, 0.25) is 0 Å². The molecule has 96 valence electrons. The molecule has 2 heterocycles. The second kappa shape index (κ2) is 5.30. The van der Waals surface area contributed by atoms with Gasteiger partial charge in [0, 0.05) is 26.7 Å². The summed E-state index contributed by atoms with van der Waals surface area (Å²) in [6, 6.07) is 2.81. The lowest BCUT2D eigenvalue weighted by atomic mass is 10.3. The third-order valence-electron chi connectivity index (χ3n) is 2.51. The third-order valence-corrected chi connectivity index (χ3v) is 3.24. The largest absolute Gasteiger partial charge is 0.371 e. The van der Waals surface area contributed by atoms with Gasteiger partial charge in [0.15, 0.2) is 23.3 Å². The Balaban J connectivity index is 2.26. The van der Waals surface area contributed by atoms with Gasteiger partial charge in [-0.05, 0) is 22.4 Å². The number of hydrogen-bond acceptors (Lipinski definition) is 4. The molecule has 0 fully saturated rings. The van der Waals surface area contributed by atoms with Gasteiger partial charge in [-0.3, -0.25) is 0 Å². The molecule has 18 heavy (non-hydrogen) atoms. The molecule has 0 unspecified atom stereocenters. The summed E-state index contributed by atoms with van der Waals surface area (Å²) in [6.07, 6.45) is 0. The molecule has 0 spiro atoms. The zero-order valence-electron chi connectivity index (χ0n) is 10.1. The highest BCUT2D eigenvalue weighted by molar-refractivity contribution is 7.07. The van der Waals surface area contributed by atoms with E-state index in [4.69, 9.17) is 0 Å². The van der Waals surface area contributed by atoms with Crippen molar-refractivity contribution in [1.29, 1.82) is 0 Å². The van der Waals surface area contributed by atoms with Crippen LogP contribution in [-0.4, -0.2) is 19.1 Å². The molecular formula is C12H13F2N3S. The van der Waals surface area contributed by atoms with E-state index < -0.39 is 11.6 Å². The molecule has 3 nitrogen and oxygen atoms in total. The Morgan fingerprint density at radius 3 is 2.78 bits per heavy atom. The van der Waals surface area contributed by atoms with E-state index in [1.165, 1.54) is 0 Å². The summed E-state index contributed by atoms with van der Waals surface area (Å²) in [6.45, 7) is 0.530. The number of rotatable bonds is 4. The van der Waals surface area contributed by atoms with Crippen LogP contribution in [0.4, 0.5) is 20.4 Å². The van der Waals surface area contributed by atoms with Crippen molar-refractivity contribution in [3.63, 3.8) is 0 Å². The van der Waals surface area contributed by atoms with Gasteiger partial charge in [0.05, 0.1) is 0 Å². The molecule has 0 saturated carbocycles. The molecule has 6 heteroatoms. The molecule has 0 saturated heterocycles. The minimum Gasteiger partial charge on any atom is -0.371 e. The van der Waals surface area contributed by atoms with Crippen molar-refractivity contribution in [3.05, 3.63) is 40.1 Å². The first-order valence-corrected chi connectivity index (χ1v) is 6.32. The van der Waals surface area contributed by atoms with E-state index in [0.717, 1.165) is 11.6 Å². The van der Waals surface area contributed by atoms with E-state index in [9.17, 15) is 8.78 Å². The van der Waals surface area contributed by atoms with Crippen molar-refractivity contribution in [1.82, 2.24) is 4.98 Å². The Hall–Kier alpha value is -1.69. The lowest BCUT2D eigenvalue weighted by Crippen LogP contribution is -2.19. The molecule has 2 aromatic rings. The second-order valence-corrected chi connectivity index (χ2v) is 4.64. The predicted molar refractivity (Wildman–Crippen MR) is 70.1 cm³/mol. The maximum absolute atomic E-state index is 13.7. The van der Waals surface area contributed by atoms with Crippen LogP contribution < -0.4 is 10.2 Å². The van der Waals surface area contributed by atoms with Crippen LogP contribution in [-0.2, 0) is 6.54 Å². The normalized spacial score (nSPS) is 10.4. The van der Waals surface area contributed by atoms with E-state index in [2.05, 4.69) is 10.3 Å². The van der Waals surface area contributed by atoms with Gasteiger partial charge in [0.2, 0.25) is 0 Å². The van der Waals surface area contributed by atoms with E-state index in [0.29, 0.717) is 6.54 Å². The zero-order valence-corrected chi connectivity index (χ0v) is 10.9. The molecule has 1 N–H and O–H groups in total. The maximum Gasteiger partial charge on any atom is 0.168 e. The monoisotopic (exact) mass is 269 g/mol. The average molecular weight is 269 g/mol. The summed E-state index contributed by atoms with van der Waals surface area (Å²) in [5.74, 6) is -1.18. The van der Waals surface area contributed by atoms with Gasteiger partial charge in [0.1, 0.15) is 0 Å². The van der Waals surface area contributed by atoms with E-state index in [-0.39, 0.29) is 11.6 Å². The zero-order chi connectivity index (χ0) is 13.1. The van der Waals surface area contributed by atoms with E-state index in [1.807, 2.05) is 16.8 Å². The number of halogens is 2. The van der Waals surface area contributed by atoms with Gasteiger partial charge in [-0.1, -0.05) is 0 Å². The van der Waals surface area contributed by atoms with Crippen LogP contribution in [0.25, 0.3) is 0 Å². The molecule has 0 bridgehead atoms. The molecule has 0 amide bonds. The van der Waals surface area contributed by atoms with Crippen molar-refractivity contribution in [3.8, 4) is 0 Å². The lowest BCUT2D eigenvalue weighted by molar-refractivity contribution is 0.573. The Morgan fingerprint density at radius 1 is 1.39 bits per heavy atom. The summed E-state index contributed by atoms with van der Waals surface area (Å²) in [4.78, 5) is 5.59. The minimum atomic E-state index is -0.692. The number of nitrogens with one attached hydrogen (secondary N) is 1. The SMILES string of the molecule is CNc1nc(N(C)Cc2ccsc2)c(F)cc1F. The Morgan fingerprint density at radius 2 is 2.17 bits per heavy atom. The molecule has 0 atom stereocenters. The summed E-state index contributed by atoms with van der Waals surface area (Å²) in [7, 11) is 3.27. The van der Waals surface area contributed by atoms with Crippen molar-refractivity contribution >= 4 is 23.0 Å². The fourth-order valence-corrected chi connectivity index (χ4v) is 2.29. The summed E-state index contributed by atoms with van der Waals surface area (Å²) >= 11 is 1.58. The number of aromatic nitrogens is 1. The highest BCUT2D eigenvalue weighted by atomic mass is 32.1. The second-order valence-electron chi connectivity index (χ2n) is 3.86. The number of anilines is 2. The fourth-order valence-electron chi connectivity index (χ4n) is 1.63. The van der Waals surface area contributed by atoms with Gasteiger partial charge < -0.3 is 10.2 Å². The molecule has 0 aliphatic heterocycles. The Bertz CT molecular complexity index is 528. The molecule has 0 aliphatic carbocycles. The smallest absolute Gasteiger partial charge is 0.168 e. The van der Waals surface area contributed by atoms with Crippen LogP contribution >= 0.6 is 11.3 Å². The van der Waals surface area contributed by atoms with Crippen LogP contribution in [0, 0.1) is 11.6 Å². The van der Waals surface area contributed by atoms with Gasteiger partial charge >= 0.3 is 0 Å². The standard InChI is InChI=1S/C12H13F2N3S/c1-15-11-9(13)5-10(14)12(16-11)17(2)6-8-3-4-18-7-8/h3-5,7H,6H2,1-2H3,(H,15,16). The van der Waals surface area contributed by atoms with Crippen molar-refractivity contribution in [2.45, 2.75) is 6.54 Å². The fraction of sp³-hybridized carbons (Fsp3) is 0.250. The number of pyridine rings is 1. The van der Waals surface area contributed by atoms with Gasteiger partial charge in [-0.25, -0.2) is 13.8 Å². The average Bonchev–Trinajstić information content (AvgIpc) is 2.81. The van der Waals surface area contributed by atoms with E-state index >= 15 is 0 Å². The van der Waals surface area contributed by atoms with Crippen LogP contribution in [0.3, 0.4) is 0 Å². The van der Waals surface area contributed by atoms with E-state index in [1.54, 1.807) is 30.3 Å². The van der Waals surface area contributed by atoms with Gasteiger partial charge in [-0.15, -0.1) is 0 Å². The van der Waals surface area contributed by atoms with Gasteiger partial charge in [0.25, 0.3) is 0 Å².